The van der Waals surface area contributed by atoms with Crippen molar-refractivity contribution in [3.05, 3.63) is 22.7 Å². The molecule has 1 aromatic carbocycles. The van der Waals surface area contributed by atoms with Crippen LogP contribution in [0.5, 0.6) is 11.5 Å². The molecule has 0 atom stereocenters. The molecule has 0 aromatic heterocycles. The molecule has 0 radical (unpaired) electrons. The SMILES string of the molecule is CCN1CCC(NCc2cc(Cl)c3c(c2)OCCO3)CC1. The van der Waals surface area contributed by atoms with Crippen LogP contribution in [0.3, 0.4) is 0 Å². The van der Waals surface area contributed by atoms with Gasteiger partial charge in [0.1, 0.15) is 13.2 Å². The van der Waals surface area contributed by atoms with Gasteiger partial charge in [-0.2, -0.15) is 0 Å². The largest absolute Gasteiger partial charge is 0.486 e. The first-order chi connectivity index (χ1) is 10.3. The average Bonchev–Trinajstić information content (AvgIpc) is 2.53. The third-order valence-electron chi connectivity index (χ3n) is 4.29. The fourth-order valence-electron chi connectivity index (χ4n) is 2.98. The number of rotatable bonds is 4. The summed E-state index contributed by atoms with van der Waals surface area (Å²) in [6.45, 7) is 7.75. The molecular weight excluding hydrogens is 288 g/mol. The lowest BCUT2D eigenvalue weighted by molar-refractivity contribution is 0.171. The van der Waals surface area contributed by atoms with E-state index in [9.17, 15) is 0 Å². The van der Waals surface area contributed by atoms with E-state index in [0.29, 0.717) is 30.0 Å². The molecule has 0 aliphatic carbocycles. The standard InChI is InChI=1S/C16H23ClN2O2/c1-2-19-5-3-13(4-6-19)18-11-12-9-14(17)16-15(10-12)20-7-8-21-16/h9-10,13,18H,2-8,11H2,1H3. The topological polar surface area (TPSA) is 33.7 Å². The second-order valence-corrected chi connectivity index (χ2v) is 6.10. The molecule has 116 valence electrons. The van der Waals surface area contributed by atoms with Crippen LogP contribution in [0.25, 0.3) is 0 Å². The highest BCUT2D eigenvalue weighted by Crippen LogP contribution is 2.38. The van der Waals surface area contributed by atoms with Crippen molar-refractivity contribution in [2.24, 2.45) is 0 Å². The number of piperidine rings is 1. The Morgan fingerprint density at radius 1 is 1.24 bits per heavy atom. The summed E-state index contributed by atoms with van der Waals surface area (Å²) in [6.07, 6.45) is 2.43. The summed E-state index contributed by atoms with van der Waals surface area (Å²) in [6, 6.07) is 4.61. The van der Waals surface area contributed by atoms with Crippen LogP contribution in [-0.2, 0) is 6.54 Å². The first-order valence-electron chi connectivity index (χ1n) is 7.80. The van der Waals surface area contributed by atoms with Gasteiger partial charge in [-0.25, -0.2) is 0 Å². The maximum absolute atomic E-state index is 6.27. The fourth-order valence-corrected chi connectivity index (χ4v) is 3.27. The summed E-state index contributed by atoms with van der Waals surface area (Å²) in [5.41, 5.74) is 1.15. The predicted octanol–water partition coefficient (Wildman–Crippen LogP) is 2.69. The van der Waals surface area contributed by atoms with Crippen LogP contribution in [0.4, 0.5) is 0 Å². The van der Waals surface area contributed by atoms with Gasteiger partial charge in [-0.3, -0.25) is 0 Å². The molecule has 0 spiro atoms. The molecule has 1 aromatic rings. The number of nitrogens with one attached hydrogen (secondary N) is 1. The van der Waals surface area contributed by atoms with Gasteiger partial charge < -0.3 is 19.7 Å². The van der Waals surface area contributed by atoms with Crippen molar-refractivity contribution in [2.45, 2.75) is 32.4 Å². The molecule has 0 bridgehead atoms. The third-order valence-corrected chi connectivity index (χ3v) is 4.57. The molecule has 1 fully saturated rings. The minimum Gasteiger partial charge on any atom is -0.486 e. The Balaban J connectivity index is 1.57. The van der Waals surface area contributed by atoms with Gasteiger partial charge >= 0.3 is 0 Å². The molecule has 0 amide bonds. The first kappa shape index (κ1) is 14.9. The van der Waals surface area contributed by atoms with Gasteiger partial charge in [-0.05, 0) is 50.2 Å². The van der Waals surface area contributed by atoms with Crippen molar-refractivity contribution in [2.75, 3.05) is 32.8 Å². The second kappa shape index (κ2) is 6.86. The molecule has 5 heteroatoms. The van der Waals surface area contributed by atoms with E-state index in [4.69, 9.17) is 21.1 Å². The number of likely N-dealkylation sites (tertiary alicyclic amines) is 1. The fraction of sp³-hybridized carbons (Fsp3) is 0.625. The highest BCUT2D eigenvalue weighted by Gasteiger charge is 2.19. The number of fused-ring (bicyclic) bond motifs is 1. The molecular formula is C16H23ClN2O2. The van der Waals surface area contributed by atoms with Crippen molar-refractivity contribution in [1.29, 1.82) is 0 Å². The van der Waals surface area contributed by atoms with E-state index < -0.39 is 0 Å². The number of hydrogen-bond acceptors (Lipinski definition) is 4. The molecule has 2 heterocycles. The lowest BCUT2D eigenvalue weighted by atomic mass is 10.0. The Morgan fingerprint density at radius 3 is 2.76 bits per heavy atom. The molecule has 1 N–H and O–H groups in total. The van der Waals surface area contributed by atoms with Gasteiger partial charge in [0.05, 0.1) is 5.02 Å². The Morgan fingerprint density at radius 2 is 2.00 bits per heavy atom. The molecule has 1 saturated heterocycles. The summed E-state index contributed by atoms with van der Waals surface area (Å²) in [5, 5.41) is 4.28. The van der Waals surface area contributed by atoms with Crippen LogP contribution in [0.15, 0.2) is 12.1 Å². The number of ether oxygens (including phenoxy) is 2. The summed E-state index contributed by atoms with van der Waals surface area (Å²) in [7, 11) is 0. The van der Waals surface area contributed by atoms with Crippen LogP contribution >= 0.6 is 11.6 Å². The first-order valence-corrected chi connectivity index (χ1v) is 8.18. The van der Waals surface area contributed by atoms with Gasteiger partial charge in [0.15, 0.2) is 11.5 Å². The minimum absolute atomic E-state index is 0.570. The zero-order valence-electron chi connectivity index (χ0n) is 12.5. The van der Waals surface area contributed by atoms with E-state index in [-0.39, 0.29) is 0 Å². The van der Waals surface area contributed by atoms with Crippen LogP contribution in [0.1, 0.15) is 25.3 Å². The smallest absolute Gasteiger partial charge is 0.179 e. The molecule has 2 aliphatic rings. The summed E-state index contributed by atoms with van der Waals surface area (Å²) >= 11 is 6.27. The summed E-state index contributed by atoms with van der Waals surface area (Å²) in [5.74, 6) is 1.45. The van der Waals surface area contributed by atoms with Crippen LogP contribution in [-0.4, -0.2) is 43.8 Å². The Labute approximate surface area is 131 Å². The Hall–Kier alpha value is -0.970. The molecule has 4 nitrogen and oxygen atoms in total. The van der Waals surface area contributed by atoms with Gasteiger partial charge in [0, 0.05) is 12.6 Å². The zero-order chi connectivity index (χ0) is 14.7. The molecule has 0 unspecified atom stereocenters. The number of halogens is 1. The maximum atomic E-state index is 6.27. The second-order valence-electron chi connectivity index (χ2n) is 5.69. The zero-order valence-corrected chi connectivity index (χ0v) is 13.3. The number of nitrogens with zero attached hydrogens (tertiary/aromatic N) is 1. The van der Waals surface area contributed by atoms with Crippen molar-refractivity contribution < 1.29 is 9.47 Å². The third kappa shape index (κ3) is 3.62. The normalized spacial score (nSPS) is 19.7. The van der Waals surface area contributed by atoms with E-state index in [2.05, 4.69) is 17.1 Å². The average molecular weight is 311 g/mol. The van der Waals surface area contributed by atoms with Crippen molar-refractivity contribution in [3.63, 3.8) is 0 Å². The molecule has 0 saturated carbocycles. The Bertz CT molecular complexity index is 487. The molecule has 2 aliphatic heterocycles. The van der Waals surface area contributed by atoms with E-state index in [1.807, 2.05) is 12.1 Å². The highest BCUT2D eigenvalue weighted by molar-refractivity contribution is 6.32. The lowest BCUT2D eigenvalue weighted by Crippen LogP contribution is -2.42. The van der Waals surface area contributed by atoms with Gasteiger partial charge in [-0.1, -0.05) is 18.5 Å². The van der Waals surface area contributed by atoms with Crippen molar-refractivity contribution in [3.8, 4) is 11.5 Å². The predicted molar refractivity (Wildman–Crippen MR) is 84.4 cm³/mol. The molecule has 21 heavy (non-hydrogen) atoms. The van der Waals surface area contributed by atoms with E-state index in [0.717, 1.165) is 24.4 Å². The number of hydrogen-bond donors (Lipinski definition) is 1. The van der Waals surface area contributed by atoms with Gasteiger partial charge in [0.2, 0.25) is 0 Å². The summed E-state index contributed by atoms with van der Waals surface area (Å²) < 4.78 is 11.2. The van der Waals surface area contributed by atoms with E-state index >= 15 is 0 Å². The van der Waals surface area contributed by atoms with Gasteiger partial charge in [0.25, 0.3) is 0 Å². The van der Waals surface area contributed by atoms with Crippen molar-refractivity contribution in [1.82, 2.24) is 10.2 Å². The van der Waals surface area contributed by atoms with Crippen molar-refractivity contribution >= 4 is 11.6 Å². The van der Waals surface area contributed by atoms with E-state index in [1.54, 1.807) is 0 Å². The maximum Gasteiger partial charge on any atom is 0.179 e. The van der Waals surface area contributed by atoms with E-state index in [1.165, 1.54) is 25.9 Å². The quantitative estimate of drug-likeness (QED) is 0.927. The van der Waals surface area contributed by atoms with Gasteiger partial charge in [-0.15, -0.1) is 0 Å². The summed E-state index contributed by atoms with van der Waals surface area (Å²) in [4.78, 5) is 2.50. The van der Waals surface area contributed by atoms with Crippen LogP contribution in [0, 0.1) is 0 Å². The highest BCUT2D eigenvalue weighted by atomic mass is 35.5. The minimum atomic E-state index is 0.570. The monoisotopic (exact) mass is 310 g/mol. The van der Waals surface area contributed by atoms with Crippen LogP contribution in [0.2, 0.25) is 5.02 Å². The molecule has 3 rings (SSSR count). The van der Waals surface area contributed by atoms with Crippen LogP contribution < -0.4 is 14.8 Å². The Kier molecular flexibility index (Phi) is 4.88. The number of benzene rings is 1. The lowest BCUT2D eigenvalue weighted by Gasteiger charge is -2.31.